The summed E-state index contributed by atoms with van der Waals surface area (Å²) >= 11 is 6.42. The van der Waals surface area contributed by atoms with Gasteiger partial charge < -0.3 is 19.1 Å². The van der Waals surface area contributed by atoms with E-state index >= 15 is 0 Å². The van der Waals surface area contributed by atoms with Gasteiger partial charge in [0.25, 0.3) is 5.91 Å². The van der Waals surface area contributed by atoms with Gasteiger partial charge >= 0.3 is 0 Å². The number of benzene rings is 2. The van der Waals surface area contributed by atoms with Crippen molar-refractivity contribution >= 4 is 33.2 Å². The Bertz CT molecular complexity index is 1790. The highest BCUT2D eigenvalue weighted by molar-refractivity contribution is 7.90. The lowest BCUT2D eigenvalue weighted by Crippen LogP contribution is -2.66. The van der Waals surface area contributed by atoms with E-state index in [0.717, 1.165) is 107 Å². The standard InChI is InChI=1S/C42H59ClN4O6S/c1-5-53-42(27-45-19-21-47(22-20-45)41(4)28-51-29-41)17-8-9-30(2)31(3)54(49,50)44-40(48)33-13-16-39-38(24-33)46(25-34-12-15-37(34)42)18-7-6-10-32-23-36(43)14-11-35(32)26-52-39/h8,11,13-14,16-17,23-24,30-31,34,37H,5-7,9-10,12,15,18-22,25-29H2,1-4H3,(H,44,48)/b17-8+/t30-,31+,34-,37?,42?/m0/s1. The highest BCUT2D eigenvalue weighted by Gasteiger charge is 2.49. The number of anilines is 1. The van der Waals surface area contributed by atoms with Gasteiger partial charge in [-0.25, -0.2) is 13.1 Å². The molecule has 2 aromatic rings. The molecule has 5 aliphatic rings. The second-order valence-corrected chi connectivity index (χ2v) is 19.1. The number of rotatable bonds is 5. The number of ether oxygens (including phenoxy) is 3. The van der Waals surface area contributed by atoms with Crippen LogP contribution in [0.3, 0.4) is 0 Å². The molecule has 296 valence electrons. The first-order chi connectivity index (χ1) is 25.9. The van der Waals surface area contributed by atoms with E-state index in [2.05, 4.69) is 45.4 Å². The third-order valence-corrected chi connectivity index (χ3v) is 15.2. The molecule has 0 aromatic heterocycles. The molecule has 1 aliphatic carbocycles. The fourth-order valence-electron chi connectivity index (χ4n) is 9.19. The molecular formula is C42H59ClN4O6S. The third kappa shape index (κ3) is 8.37. The number of carbonyl (C=O) groups excluding carboxylic acids is 1. The first-order valence-electron chi connectivity index (χ1n) is 20.1. The minimum atomic E-state index is -3.96. The van der Waals surface area contributed by atoms with Gasteiger partial charge in [0, 0.05) is 63.0 Å². The second kappa shape index (κ2) is 16.4. The Morgan fingerprint density at radius 2 is 1.80 bits per heavy atom. The van der Waals surface area contributed by atoms with Gasteiger partial charge in [-0.05, 0) is 119 Å². The molecule has 0 radical (unpaired) electrons. The fraction of sp³-hybridized carbons (Fsp3) is 0.643. The Hall–Kier alpha value is -2.67. The topological polar surface area (TPSA) is 101 Å². The van der Waals surface area contributed by atoms with Crippen LogP contribution < -0.4 is 14.4 Å². The van der Waals surface area contributed by atoms with Crippen molar-refractivity contribution in [2.45, 2.75) is 89.2 Å². The monoisotopic (exact) mass is 782 g/mol. The van der Waals surface area contributed by atoms with Gasteiger partial charge in [-0.3, -0.25) is 14.6 Å². The lowest BCUT2D eigenvalue weighted by Gasteiger charge is -2.54. The second-order valence-electron chi connectivity index (χ2n) is 16.7. The third-order valence-electron chi connectivity index (χ3n) is 13.0. The molecule has 2 unspecified atom stereocenters. The van der Waals surface area contributed by atoms with Crippen molar-refractivity contribution in [3.63, 3.8) is 0 Å². The van der Waals surface area contributed by atoms with Crippen LogP contribution in [0.15, 0.2) is 48.6 Å². The van der Waals surface area contributed by atoms with Crippen LogP contribution in [0, 0.1) is 17.8 Å². The molecule has 4 heterocycles. The van der Waals surface area contributed by atoms with E-state index < -0.39 is 26.8 Å². The molecule has 12 heteroatoms. The molecule has 1 saturated carbocycles. The summed E-state index contributed by atoms with van der Waals surface area (Å²) < 4.78 is 48.8. The van der Waals surface area contributed by atoms with Crippen LogP contribution in [0.25, 0.3) is 0 Å². The summed E-state index contributed by atoms with van der Waals surface area (Å²) in [5.41, 5.74) is 3.01. The number of amides is 1. The van der Waals surface area contributed by atoms with Crippen molar-refractivity contribution in [1.82, 2.24) is 14.5 Å². The Morgan fingerprint density at radius 3 is 2.50 bits per heavy atom. The van der Waals surface area contributed by atoms with E-state index in [4.69, 9.17) is 25.8 Å². The summed E-state index contributed by atoms with van der Waals surface area (Å²) in [4.78, 5) is 21.2. The number of halogens is 1. The summed E-state index contributed by atoms with van der Waals surface area (Å²) in [5.74, 6) is 0.456. The van der Waals surface area contributed by atoms with Crippen LogP contribution in [0.5, 0.6) is 5.75 Å². The molecular weight excluding hydrogens is 724 g/mol. The van der Waals surface area contributed by atoms with E-state index in [9.17, 15) is 13.2 Å². The predicted octanol–water partition coefficient (Wildman–Crippen LogP) is 6.31. The van der Waals surface area contributed by atoms with Gasteiger partial charge in [0.1, 0.15) is 18.0 Å². The summed E-state index contributed by atoms with van der Waals surface area (Å²) in [6.07, 6.45) is 9.95. The van der Waals surface area contributed by atoms with Gasteiger partial charge in [0.2, 0.25) is 10.0 Å². The normalized spacial score (nSPS) is 31.3. The van der Waals surface area contributed by atoms with E-state index in [1.807, 2.05) is 37.3 Å². The molecule has 0 spiro atoms. The molecule has 2 saturated heterocycles. The van der Waals surface area contributed by atoms with Crippen LogP contribution in [-0.2, 0) is 32.5 Å². The molecule has 10 nitrogen and oxygen atoms in total. The van der Waals surface area contributed by atoms with Crippen molar-refractivity contribution in [3.05, 3.63) is 70.3 Å². The van der Waals surface area contributed by atoms with Crippen LogP contribution in [0.4, 0.5) is 5.69 Å². The van der Waals surface area contributed by atoms with Crippen LogP contribution in [0.2, 0.25) is 5.02 Å². The highest BCUT2D eigenvalue weighted by Crippen LogP contribution is 2.47. The zero-order valence-electron chi connectivity index (χ0n) is 32.5. The largest absolute Gasteiger partial charge is 0.487 e. The molecule has 3 fully saturated rings. The SMILES string of the molecule is CCOC1(CN2CCN(C3(C)COC3)CC2)/C=C/C[C@H](C)[C@@H](C)S(=O)(=O)NC(=O)c2ccc3c(c2)N(CCCCc2cc(Cl)ccc2CO3)C[C@@H]2CCC21. The number of hydrogen-bond acceptors (Lipinski definition) is 9. The van der Waals surface area contributed by atoms with Crippen molar-refractivity contribution < 1.29 is 27.4 Å². The first kappa shape index (κ1) is 39.6. The van der Waals surface area contributed by atoms with E-state index in [1.54, 1.807) is 13.0 Å². The van der Waals surface area contributed by atoms with Crippen molar-refractivity contribution in [2.75, 3.05) is 70.5 Å². The Labute approximate surface area is 327 Å². The predicted molar refractivity (Wildman–Crippen MR) is 214 cm³/mol. The minimum absolute atomic E-state index is 0.135. The van der Waals surface area contributed by atoms with Crippen LogP contribution in [-0.4, -0.2) is 106 Å². The highest BCUT2D eigenvalue weighted by atomic mass is 35.5. The lowest BCUT2D eigenvalue weighted by molar-refractivity contribution is -0.148. The molecule has 5 atom stereocenters. The van der Waals surface area contributed by atoms with E-state index in [-0.39, 0.29) is 17.4 Å². The summed E-state index contributed by atoms with van der Waals surface area (Å²) in [6, 6.07) is 11.3. The minimum Gasteiger partial charge on any atom is -0.487 e. The Kier molecular flexibility index (Phi) is 12.0. The van der Waals surface area contributed by atoms with Crippen molar-refractivity contribution in [3.8, 4) is 5.75 Å². The Morgan fingerprint density at radius 1 is 1.00 bits per heavy atom. The molecule has 1 N–H and O–H groups in total. The summed E-state index contributed by atoms with van der Waals surface area (Å²) in [7, 11) is -3.96. The number of piperazine rings is 1. The van der Waals surface area contributed by atoms with Crippen LogP contribution >= 0.6 is 11.6 Å². The zero-order valence-corrected chi connectivity index (χ0v) is 34.1. The quantitative estimate of drug-likeness (QED) is 0.350. The maximum atomic E-state index is 13.7. The van der Waals surface area contributed by atoms with E-state index in [1.165, 1.54) is 5.56 Å². The van der Waals surface area contributed by atoms with Gasteiger partial charge in [-0.2, -0.15) is 0 Å². The molecule has 54 heavy (non-hydrogen) atoms. The van der Waals surface area contributed by atoms with Crippen molar-refractivity contribution in [1.29, 1.82) is 0 Å². The molecule has 2 bridgehead atoms. The molecule has 7 rings (SSSR count). The first-order valence-corrected chi connectivity index (χ1v) is 22.0. The average Bonchev–Trinajstić information content (AvgIpc) is 3.15. The van der Waals surface area contributed by atoms with Crippen molar-refractivity contribution in [2.24, 2.45) is 17.8 Å². The molecule has 1 amide bonds. The fourth-order valence-corrected chi connectivity index (χ4v) is 10.7. The summed E-state index contributed by atoms with van der Waals surface area (Å²) in [6.45, 7) is 16.9. The smallest absolute Gasteiger partial charge is 0.264 e. The van der Waals surface area contributed by atoms with E-state index in [0.29, 0.717) is 36.9 Å². The van der Waals surface area contributed by atoms with Gasteiger partial charge in [-0.1, -0.05) is 36.7 Å². The lowest BCUT2D eigenvalue weighted by atomic mass is 9.63. The maximum absolute atomic E-state index is 13.7. The number of carbonyl (C=O) groups is 1. The number of allylic oxidation sites excluding steroid dienone is 1. The number of aryl methyl sites for hydroxylation is 1. The zero-order chi connectivity index (χ0) is 38.1. The number of fused-ring (bicyclic) bond motifs is 3. The average molecular weight is 783 g/mol. The molecule has 2 aromatic carbocycles. The van der Waals surface area contributed by atoms with Gasteiger partial charge in [0.05, 0.1) is 29.7 Å². The summed E-state index contributed by atoms with van der Waals surface area (Å²) in [5, 5.41) is -0.0634. The van der Waals surface area contributed by atoms with Gasteiger partial charge in [0.15, 0.2) is 0 Å². The number of hydrogen-bond donors (Lipinski definition) is 1. The van der Waals surface area contributed by atoms with Crippen LogP contribution in [0.1, 0.15) is 81.3 Å². The molecule has 4 aliphatic heterocycles. The Balaban J connectivity index is 1.24. The number of nitrogens with zero attached hydrogens (tertiary/aromatic N) is 3. The van der Waals surface area contributed by atoms with Gasteiger partial charge in [-0.15, -0.1) is 0 Å². The number of sulfonamides is 1. The maximum Gasteiger partial charge on any atom is 0.264 e. The number of nitrogens with one attached hydrogen (secondary N) is 1.